The third-order valence-corrected chi connectivity index (χ3v) is 5.05. The van der Waals surface area contributed by atoms with Gasteiger partial charge in [-0.1, -0.05) is 12.1 Å². The van der Waals surface area contributed by atoms with Gasteiger partial charge in [0.15, 0.2) is 9.84 Å². The van der Waals surface area contributed by atoms with Gasteiger partial charge >= 0.3 is 0 Å². The van der Waals surface area contributed by atoms with Crippen LogP contribution in [-0.2, 0) is 16.3 Å². The molecule has 0 radical (unpaired) electrons. The first-order valence-electron chi connectivity index (χ1n) is 5.63. The first kappa shape index (κ1) is 12.2. The zero-order valence-corrected chi connectivity index (χ0v) is 10.7. The van der Waals surface area contributed by atoms with Gasteiger partial charge in [0.2, 0.25) is 0 Å². The fourth-order valence-corrected chi connectivity index (χ4v) is 4.15. The molecule has 2 rings (SSSR count). The van der Waals surface area contributed by atoms with E-state index >= 15 is 0 Å². The maximum Gasteiger partial charge on any atom is 0.150 e. The summed E-state index contributed by atoms with van der Waals surface area (Å²) in [5, 5.41) is 0. The van der Waals surface area contributed by atoms with Gasteiger partial charge in [-0.25, -0.2) is 8.42 Å². The lowest BCUT2D eigenvalue weighted by Gasteiger charge is -2.12. The Kier molecular flexibility index (Phi) is 3.28. The third-order valence-electron chi connectivity index (χ3n) is 3.21. The molecular formula is C12H17NO3S. The summed E-state index contributed by atoms with van der Waals surface area (Å²) in [6.07, 6.45) is 1.45. The fraction of sp³-hybridized carbons (Fsp3) is 0.500. The van der Waals surface area contributed by atoms with E-state index < -0.39 is 9.84 Å². The Morgan fingerprint density at radius 2 is 2.24 bits per heavy atom. The number of sulfone groups is 1. The molecule has 0 amide bonds. The molecule has 0 bridgehead atoms. The Bertz CT molecular complexity index is 510. The molecule has 1 saturated heterocycles. The standard InChI is InChI=1S/C12H17NO3S/c1-16-11-4-2-3-10(12(11)13)7-9-5-6-17(14,15)8-9/h2-4,9H,5-8,13H2,1H3. The molecule has 0 spiro atoms. The number of nitrogen functional groups attached to an aromatic ring is 1. The van der Waals surface area contributed by atoms with Crippen LogP contribution in [0, 0.1) is 5.92 Å². The Morgan fingerprint density at radius 3 is 2.82 bits per heavy atom. The van der Waals surface area contributed by atoms with Crippen molar-refractivity contribution in [2.45, 2.75) is 12.8 Å². The highest BCUT2D eigenvalue weighted by atomic mass is 32.2. The van der Waals surface area contributed by atoms with Crippen LogP contribution < -0.4 is 10.5 Å². The summed E-state index contributed by atoms with van der Waals surface area (Å²) in [7, 11) is -1.24. The van der Waals surface area contributed by atoms with Crippen molar-refractivity contribution in [3.63, 3.8) is 0 Å². The summed E-state index contributed by atoms with van der Waals surface area (Å²) in [4.78, 5) is 0. The Labute approximate surface area is 102 Å². The van der Waals surface area contributed by atoms with Crippen LogP contribution in [0.3, 0.4) is 0 Å². The van der Waals surface area contributed by atoms with Crippen molar-refractivity contribution in [3.8, 4) is 5.75 Å². The van der Waals surface area contributed by atoms with Gasteiger partial charge in [0, 0.05) is 0 Å². The Balaban J connectivity index is 2.15. The summed E-state index contributed by atoms with van der Waals surface area (Å²) in [6, 6.07) is 5.63. The number of ether oxygens (including phenoxy) is 1. The highest BCUT2D eigenvalue weighted by Gasteiger charge is 2.28. The highest BCUT2D eigenvalue weighted by molar-refractivity contribution is 7.91. The van der Waals surface area contributed by atoms with Crippen LogP contribution >= 0.6 is 0 Å². The quantitative estimate of drug-likeness (QED) is 0.825. The van der Waals surface area contributed by atoms with Crippen molar-refractivity contribution in [1.29, 1.82) is 0 Å². The van der Waals surface area contributed by atoms with Gasteiger partial charge in [-0.2, -0.15) is 0 Å². The van der Waals surface area contributed by atoms with Crippen LogP contribution in [-0.4, -0.2) is 27.0 Å². The minimum Gasteiger partial charge on any atom is -0.495 e. The van der Waals surface area contributed by atoms with Crippen LogP contribution in [0.25, 0.3) is 0 Å². The number of hydrogen-bond acceptors (Lipinski definition) is 4. The maximum absolute atomic E-state index is 11.4. The van der Waals surface area contributed by atoms with E-state index in [1.54, 1.807) is 7.11 Å². The largest absolute Gasteiger partial charge is 0.495 e. The van der Waals surface area contributed by atoms with Gasteiger partial charge in [0.05, 0.1) is 24.3 Å². The molecule has 0 aromatic heterocycles. The maximum atomic E-state index is 11.4. The summed E-state index contributed by atoms with van der Waals surface area (Å²) < 4.78 is 27.9. The van der Waals surface area contributed by atoms with Gasteiger partial charge < -0.3 is 10.5 Å². The van der Waals surface area contributed by atoms with Gasteiger partial charge in [-0.15, -0.1) is 0 Å². The van der Waals surface area contributed by atoms with Crippen LogP contribution in [0.1, 0.15) is 12.0 Å². The van der Waals surface area contributed by atoms with Crippen molar-refractivity contribution < 1.29 is 13.2 Å². The molecule has 17 heavy (non-hydrogen) atoms. The molecule has 1 aromatic carbocycles. The number of hydrogen-bond donors (Lipinski definition) is 1. The molecule has 0 aliphatic carbocycles. The number of para-hydroxylation sites is 1. The van der Waals surface area contributed by atoms with Crippen LogP contribution in [0.15, 0.2) is 18.2 Å². The molecule has 5 heteroatoms. The molecule has 1 unspecified atom stereocenters. The topological polar surface area (TPSA) is 69.4 Å². The summed E-state index contributed by atoms with van der Waals surface area (Å²) in [5.41, 5.74) is 7.57. The zero-order chi connectivity index (χ0) is 12.5. The van der Waals surface area contributed by atoms with E-state index in [0.29, 0.717) is 23.6 Å². The minimum atomic E-state index is -2.82. The lowest BCUT2D eigenvalue weighted by molar-refractivity contribution is 0.416. The van der Waals surface area contributed by atoms with Gasteiger partial charge in [-0.05, 0) is 30.4 Å². The molecule has 1 atom stereocenters. The monoisotopic (exact) mass is 255 g/mol. The molecule has 94 valence electrons. The van der Waals surface area contributed by atoms with Crippen molar-refractivity contribution in [2.24, 2.45) is 5.92 Å². The van der Waals surface area contributed by atoms with Crippen molar-refractivity contribution >= 4 is 15.5 Å². The second kappa shape index (κ2) is 4.56. The molecule has 1 aromatic rings. The zero-order valence-electron chi connectivity index (χ0n) is 9.85. The minimum absolute atomic E-state index is 0.189. The van der Waals surface area contributed by atoms with E-state index in [9.17, 15) is 8.42 Å². The smallest absolute Gasteiger partial charge is 0.150 e. The predicted molar refractivity (Wildman–Crippen MR) is 67.9 cm³/mol. The van der Waals surface area contributed by atoms with E-state index in [-0.39, 0.29) is 11.7 Å². The van der Waals surface area contributed by atoms with Crippen molar-refractivity contribution in [2.75, 3.05) is 24.3 Å². The number of methoxy groups -OCH3 is 1. The molecular weight excluding hydrogens is 238 g/mol. The normalized spacial score (nSPS) is 22.5. The predicted octanol–water partition coefficient (Wildman–Crippen LogP) is 1.25. The first-order chi connectivity index (χ1) is 8.02. The summed E-state index contributed by atoms with van der Waals surface area (Å²) >= 11 is 0. The molecule has 1 fully saturated rings. The number of benzene rings is 1. The van der Waals surface area contributed by atoms with Crippen LogP contribution in [0.5, 0.6) is 5.75 Å². The SMILES string of the molecule is COc1cccc(CC2CCS(=O)(=O)C2)c1N. The molecule has 0 saturated carbocycles. The Morgan fingerprint density at radius 1 is 1.47 bits per heavy atom. The molecule has 1 aliphatic rings. The highest BCUT2D eigenvalue weighted by Crippen LogP contribution is 2.29. The second-order valence-corrected chi connectivity index (χ2v) is 6.73. The average Bonchev–Trinajstić information content (AvgIpc) is 2.61. The van der Waals surface area contributed by atoms with E-state index in [4.69, 9.17) is 10.5 Å². The third kappa shape index (κ3) is 2.72. The van der Waals surface area contributed by atoms with E-state index in [1.165, 1.54) is 0 Å². The van der Waals surface area contributed by atoms with E-state index in [2.05, 4.69) is 0 Å². The Hall–Kier alpha value is -1.23. The molecule has 4 nitrogen and oxygen atoms in total. The van der Waals surface area contributed by atoms with Gasteiger partial charge in [-0.3, -0.25) is 0 Å². The number of rotatable bonds is 3. The average molecular weight is 255 g/mol. The lowest BCUT2D eigenvalue weighted by Crippen LogP contribution is -2.09. The van der Waals surface area contributed by atoms with E-state index in [0.717, 1.165) is 12.0 Å². The summed E-state index contributed by atoms with van der Waals surface area (Å²) in [6.45, 7) is 0. The fourth-order valence-electron chi connectivity index (χ4n) is 2.29. The number of anilines is 1. The van der Waals surface area contributed by atoms with Gasteiger partial charge in [0.1, 0.15) is 5.75 Å². The van der Waals surface area contributed by atoms with Crippen molar-refractivity contribution in [3.05, 3.63) is 23.8 Å². The molecule has 1 aliphatic heterocycles. The second-order valence-electron chi connectivity index (χ2n) is 4.51. The van der Waals surface area contributed by atoms with Crippen molar-refractivity contribution in [1.82, 2.24) is 0 Å². The molecule has 1 heterocycles. The molecule has 2 N–H and O–H groups in total. The van der Waals surface area contributed by atoms with Crippen LogP contribution in [0.4, 0.5) is 5.69 Å². The van der Waals surface area contributed by atoms with E-state index in [1.807, 2.05) is 18.2 Å². The number of nitrogens with two attached hydrogens (primary N) is 1. The van der Waals surface area contributed by atoms with Crippen LogP contribution in [0.2, 0.25) is 0 Å². The summed E-state index contributed by atoms with van der Waals surface area (Å²) in [5.74, 6) is 1.43. The lowest BCUT2D eigenvalue weighted by atomic mass is 9.97. The van der Waals surface area contributed by atoms with Gasteiger partial charge in [0.25, 0.3) is 0 Å². The first-order valence-corrected chi connectivity index (χ1v) is 7.46.